The van der Waals surface area contributed by atoms with E-state index in [0.717, 1.165) is 0 Å². The molecule has 0 bridgehead atoms. The number of hydrogen-bond acceptors (Lipinski definition) is 9. The van der Waals surface area contributed by atoms with Crippen LogP contribution >= 0.6 is 0 Å². The third-order valence-electron chi connectivity index (χ3n) is 2.77. The average molecular weight is 287 g/mol. The van der Waals surface area contributed by atoms with Gasteiger partial charge < -0.3 is 9.80 Å². The molecule has 10 heteroatoms. The van der Waals surface area contributed by atoms with E-state index in [4.69, 9.17) is 5.84 Å². The highest BCUT2D eigenvalue weighted by molar-refractivity contribution is 7.91. The second-order valence-electron chi connectivity index (χ2n) is 4.44. The van der Waals surface area contributed by atoms with Gasteiger partial charge >= 0.3 is 0 Å². The fraction of sp³-hybridized carbons (Fsp3) is 0.667. The summed E-state index contributed by atoms with van der Waals surface area (Å²) < 4.78 is 22.8. The second-order valence-corrected chi connectivity index (χ2v) is 6.74. The van der Waals surface area contributed by atoms with E-state index in [1.807, 2.05) is 4.90 Å². The van der Waals surface area contributed by atoms with Crippen LogP contribution in [0.15, 0.2) is 0 Å². The number of anilines is 3. The van der Waals surface area contributed by atoms with E-state index in [2.05, 4.69) is 20.4 Å². The van der Waals surface area contributed by atoms with Crippen molar-refractivity contribution in [2.24, 2.45) is 5.84 Å². The van der Waals surface area contributed by atoms with Crippen LogP contribution in [0.2, 0.25) is 0 Å². The summed E-state index contributed by atoms with van der Waals surface area (Å²) in [5.41, 5.74) is 2.38. The number of rotatable bonds is 3. The van der Waals surface area contributed by atoms with Gasteiger partial charge in [0.1, 0.15) is 0 Å². The minimum atomic E-state index is -2.93. The van der Waals surface area contributed by atoms with Crippen LogP contribution in [0.4, 0.5) is 17.8 Å². The molecule has 1 aliphatic rings. The third-order valence-corrected chi connectivity index (χ3v) is 4.38. The molecule has 0 amide bonds. The quantitative estimate of drug-likeness (QED) is 0.503. The highest BCUT2D eigenvalue weighted by Crippen LogP contribution is 2.16. The smallest absolute Gasteiger partial charge is 0.243 e. The third kappa shape index (κ3) is 3.20. The molecule has 0 spiro atoms. The largest absolute Gasteiger partial charge is 0.347 e. The van der Waals surface area contributed by atoms with Crippen LogP contribution < -0.4 is 21.1 Å². The number of nitrogen functional groups attached to an aromatic ring is 1. The van der Waals surface area contributed by atoms with Crippen LogP contribution in [0.1, 0.15) is 0 Å². The predicted octanol–water partition coefficient (Wildman–Crippen LogP) is -1.54. The van der Waals surface area contributed by atoms with Gasteiger partial charge in [-0.25, -0.2) is 14.3 Å². The van der Waals surface area contributed by atoms with Gasteiger partial charge in [0.05, 0.1) is 11.5 Å². The molecular formula is C9H17N7O2S. The van der Waals surface area contributed by atoms with E-state index in [1.165, 1.54) is 0 Å². The molecule has 1 saturated heterocycles. The van der Waals surface area contributed by atoms with Crippen molar-refractivity contribution >= 4 is 27.7 Å². The number of hydrogen-bond donors (Lipinski definition) is 2. The van der Waals surface area contributed by atoms with Crippen molar-refractivity contribution in [1.29, 1.82) is 0 Å². The SMILES string of the molecule is CN(C)c1nc(NN)nc(N2CCS(=O)(=O)CC2)n1. The first-order valence-corrected chi connectivity index (χ1v) is 7.59. The van der Waals surface area contributed by atoms with Crippen molar-refractivity contribution in [3.8, 4) is 0 Å². The second kappa shape index (κ2) is 5.13. The van der Waals surface area contributed by atoms with Gasteiger partial charge in [0.2, 0.25) is 17.8 Å². The summed E-state index contributed by atoms with van der Waals surface area (Å²) in [7, 11) is 0.682. The van der Waals surface area contributed by atoms with Gasteiger partial charge in [-0.15, -0.1) is 0 Å². The predicted molar refractivity (Wildman–Crippen MR) is 72.8 cm³/mol. The Morgan fingerprint density at radius 3 is 2.37 bits per heavy atom. The number of hydrazine groups is 1. The maximum absolute atomic E-state index is 11.4. The summed E-state index contributed by atoms with van der Waals surface area (Å²) in [5, 5.41) is 0. The highest BCUT2D eigenvalue weighted by Gasteiger charge is 2.24. The molecule has 0 aliphatic carbocycles. The Bertz CT molecular complexity index is 546. The van der Waals surface area contributed by atoms with Gasteiger partial charge in [-0.2, -0.15) is 15.0 Å². The van der Waals surface area contributed by atoms with Crippen LogP contribution in [-0.4, -0.2) is 62.1 Å². The maximum Gasteiger partial charge on any atom is 0.243 e. The Labute approximate surface area is 111 Å². The minimum Gasteiger partial charge on any atom is -0.347 e. The van der Waals surface area contributed by atoms with E-state index in [1.54, 1.807) is 19.0 Å². The van der Waals surface area contributed by atoms with Crippen molar-refractivity contribution in [2.45, 2.75) is 0 Å². The Hall–Kier alpha value is -1.68. The molecule has 0 radical (unpaired) electrons. The van der Waals surface area contributed by atoms with Gasteiger partial charge in [-0.1, -0.05) is 0 Å². The van der Waals surface area contributed by atoms with Gasteiger partial charge in [0.15, 0.2) is 9.84 Å². The Morgan fingerprint density at radius 1 is 1.21 bits per heavy atom. The first kappa shape index (κ1) is 13.7. The van der Waals surface area contributed by atoms with E-state index in [9.17, 15) is 8.42 Å². The lowest BCUT2D eigenvalue weighted by Crippen LogP contribution is -2.41. The number of aromatic nitrogens is 3. The van der Waals surface area contributed by atoms with Crippen LogP contribution in [0, 0.1) is 0 Å². The van der Waals surface area contributed by atoms with E-state index in [0.29, 0.717) is 25.0 Å². The van der Waals surface area contributed by atoms with Crippen molar-refractivity contribution in [2.75, 3.05) is 53.9 Å². The number of nitrogens with zero attached hydrogens (tertiary/aromatic N) is 5. The molecule has 0 saturated carbocycles. The summed E-state index contributed by atoms with van der Waals surface area (Å²) in [6, 6.07) is 0. The fourth-order valence-electron chi connectivity index (χ4n) is 1.67. The number of nitrogens with one attached hydrogen (secondary N) is 1. The molecule has 1 fully saturated rings. The van der Waals surface area contributed by atoms with Crippen LogP contribution in [0.3, 0.4) is 0 Å². The molecule has 2 heterocycles. The molecule has 106 valence electrons. The summed E-state index contributed by atoms with van der Waals surface area (Å²) >= 11 is 0. The van der Waals surface area contributed by atoms with Gasteiger partial charge in [0.25, 0.3) is 0 Å². The summed E-state index contributed by atoms with van der Waals surface area (Å²) in [5.74, 6) is 6.70. The van der Waals surface area contributed by atoms with Crippen LogP contribution in [0.25, 0.3) is 0 Å². The molecule has 0 unspecified atom stereocenters. The number of sulfone groups is 1. The Balaban J connectivity index is 2.27. The first-order valence-electron chi connectivity index (χ1n) is 5.77. The summed E-state index contributed by atoms with van der Waals surface area (Å²) in [6.07, 6.45) is 0. The molecule has 0 atom stereocenters. The molecule has 1 aromatic rings. The lowest BCUT2D eigenvalue weighted by atomic mass is 10.5. The van der Waals surface area contributed by atoms with Crippen molar-refractivity contribution in [3.63, 3.8) is 0 Å². The van der Waals surface area contributed by atoms with Gasteiger partial charge in [-0.3, -0.25) is 5.43 Å². The van der Waals surface area contributed by atoms with E-state index >= 15 is 0 Å². The zero-order valence-electron chi connectivity index (χ0n) is 10.9. The molecule has 9 nitrogen and oxygen atoms in total. The van der Waals surface area contributed by atoms with E-state index < -0.39 is 9.84 Å². The number of nitrogens with two attached hydrogens (primary N) is 1. The standard InChI is InChI=1S/C9H17N7O2S/c1-15(2)8-11-7(14-10)12-9(13-8)16-3-5-19(17,18)6-4-16/h3-6,10H2,1-2H3,(H,11,12,13,14). The van der Waals surface area contributed by atoms with Crippen LogP contribution in [0.5, 0.6) is 0 Å². The highest BCUT2D eigenvalue weighted by atomic mass is 32.2. The average Bonchev–Trinajstić information content (AvgIpc) is 2.38. The van der Waals surface area contributed by atoms with E-state index in [-0.39, 0.29) is 17.5 Å². The van der Waals surface area contributed by atoms with Gasteiger partial charge in [0, 0.05) is 27.2 Å². The van der Waals surface area contributed by atoms with Gasteiger partial charge in [-0.05, 0) is 0 Å². The zero-order chi connectivity index (χ0) is 14.0. The molecule has 19 heavy (non-hydrogen) atoms. The Kier molecular flexibility index (Phi) is 3.71. The molecule has 1 aliphatic heterocycles. The topological polar surface area (TPSA) is 117 Å². The van der Waals surface area contributed by atoms with Crippen molar-refractivity contribution < 1.29 is 8.42 Å². The molecule has 2 rings (SSSR count). The summed E-state index contributed by atoms with van der Waals surface area (Å²) in [6.45, 7) is 0.756. The van der Waals surface area contributed by atoms with Crippen LogP contribution in [-0.2, 0) is 9.84 Å². The monoisotopic (exact) mass is 287 g/mol. The molecule has 1 aromatic heterocycles. The summed E-state index contributed by atoms with van der Waals surface area (Å²) in [4.78, 5) is 16.1. The molecule has 3 N–H and O–H groups in total. The molecule has 0 aromatic carbocycles. The van der Waals surface area contributed by atoms with Crippen molar-refractivity contribution in [1.82, 2.24) is 15.0 Å². The van der Waals surface area contributed by atoms with Crippen molar-refractivity contribution in [3.05, 3.63) is 0 Å². The lowest BCUT2D eigenvalue weighted by molar-refractivity contribution is 0.585. The molecular weight excluding hydrogens is 270 g/mol. The maximum atomic E-state index is 11.4. The minimum absolute atomic E-state index is 0.112. The first-order chi connectivity index (χ1) is 8.91. The zero-order valence-corrected chi connectivity index (χ0v) is 11.7. The Morgan fingerprint density at radius 2 is 1.84 bits per heavy atom. The lowest BCUT2D eigenvalue weighted by Gasteiger charge is -2.27. The fourth-order valence-corrected chi connectivity index (χ4v) is 2.87. The normalized spacial score (nSPS) is 18.2.